The molecule has 2 fully saturated rings. The molecule has 0 aromatic carbocycles. The molecule has 2 atom stereocenters. The minimum Gasteiger partial charge on any atom is -0.447 e. The Labute approximate surface area is 221 Å². The van der Waals surface area contributed by atoms with Gasteiger partial charge in [0.2, 0.25) is 0 Å². The number of carbonyl (C=O) groups is 3. The number of likely N-dealkylation sites (tertiary alicyclic amines) is 1. The molecule has 0 aromatic rings. The van der Waals surface area contributed by atoms with Gasteiger partial charge in [0, 0.05) is 40.4 Å². The third-order valence-corrected chi connectivity index (χ3v) is 5.68. The largest absolute Gasteiger partial charge is 0.447 e. The fraction of sp³-hybridized carbons (Fsp3) is 0.880. The van der Waals surface area contributed by atoms with Gasteiger partial charge in [-0.25, -0.2) is 14.4 Å². The molecular weight excluding hydrogens is 484 g/mol. The van der Waals surface area contributed by atoms with E-state index in [1.54, 1.807) is 19.1 Å². The maximum Gasteiger partial charge on any atom is 0.410 e. The highest BCUT2D eigenvalue weighted by molar-refractivity contribution is 5.68. The molecule has 3 amide bonds. The standard InChI is InChI=1S/C15H28N2O5.C10H20N2O3/c1-15(2,3)22-14(19)17-7-5-6-12(11-17)10-16-13(18)21-9-8-20-4;1-14-5-6-15-10(13)12-8-9-3-2-4-11-7-9/h12H,5-11H2,1-4H3,(H,16,18);9,11H,2-8H2,1H3,(H,12,13)/t12-;9-/m01/s1. The first-order valence-corrected chi connectivity index (χ1v) is 13.1. The normalized spacial score (nSPS) is 19.6. The summed E-state index contributed by atoms with van der Waals surface area (Å²) in [4.78, 5) is 36.4. The summed E-state index contributed by atoms with van der Waals surface area (Å²) in [6.07, 6.45) is 3.14. The second kappa shape index (κ2) is 18.9. The van der Waals surface area contributed by atoms with Crippen molar-refractivity contribution in [1.82, 2.24) is 20.9 Å². The van der Waals surface area contributed by atoms with Crippen molar-refractivity contribution in [3.05, 3.63) is 0 Å². The van der Waals surface area contributed by atoms with E-state index < -0.39 is 11.7 Å². The Balaban J connectivity index is 0.000000397. The first-order valence-electron chi connectivity index (χ1n) is 13.1. The highest BCUT2D eigenvalue weighted by Crippen LogP contribution is 2.19. The molecule has 12 heteroatoms. The molecule has 37 heavy (non-hydrogen) atoms. The molecule has 3 N–H and O–H groups in total. The quantitative estimate of drug-likeness (QED) is 0.286. The lowest BCUT2D eigenvalue weighted by Crippen LogP contribution is -2.45. The van der Waals surface area contributed by atoms with Crippen molar-refractivity contribution in [3.63, 3.8) is 0 Å². The highest BCUT2D eigenvalue weighted by Gasteiger charge is 2.27. The predicted octanol–water partition coefficient (Wildman–Crippen LogP) is 2.36. The zero-order chi connectivity index (χ0) is 27.5. The Hall–Kier alpha value is -2.31. The van der Waals surface area contributed by atoms with Crippen molar-refractivity contribution >= 4 is 18.3 Å². The van der Waals surface area contributed by atoms with Crippen LogP contribution >= 0.6 is 0 Å². The lowest BCUT2D eigenvalue weighted by atomic mass is 9.98. The fourth-order valence-electron chi connectivity index (χ4n) is 3.82. The summed E-state index contributed by atoms with van der Waals surface area (Å²) >= 11 is 0. The van der Waals surface area contributed by atoms with E-state index in [0.29, 0.717) is 51.9 Å². The van der Waals surface area contributed by atoms with E-state index in [-0.39, 0.29) is 24.7 Å². The summed E-state index contributed by atoms with van der Waals surface area (Å²) in [5, 5.41) is 8.78. The zero-order valence-corrected chi connectivity index (χ0v) is 23.3. The van der Waals surface area contributed by atoms with Gasteiger partial charge in [-0.15, -0.1) is 0 Å². The van der Waals surface area contributed by atoms with Crippen molar-refractivity contribution in [2.75, 3.05) is 79.9 Å². The van der Waals surface area contributed by atoms with E-state index in [1.165, 1.54) is 12.8 Å². The molecule has 0 saturated carbocycles. The average Bonchev–Trinajstić information content (AvgIpc) is 2.87. The Bertz CT molecular complexity index is 653. The van der Waals surface area contributed by atoms with Gasteiger partial charge in [0.15, 0.2) is 0 Å². The molecular formula is C25H48N4O8. The number of hydrogen-bond acceptors (Lipinski definition) is 9. The van der Waals surface area contributed by atoms with Crippen LogP contribution in [0.3, 0.4) is 0 Å². The van der Waals surface area contributed by atoms with Gasteiger partial charge >= 0.3 is 18.3 Å². The van der Waals surface area contributed by atoms with Crippen LogP contribution in [-0.4, -0.2) is 109 Å². The molecule has 0 radical (unpaired) electrons. The summed E-state index contributed by atoms with van der Waals surface area (Å²) in [6.45, 7) is 11.5. The second-order valence-electron chi connectivity index (χ2n) is 10.2. The number of rotatable bonds is 10. The summed E-state index contributed by atoms with van der Waals surface area (Å²) in [6, 6.07) is 0. The van der Waals surface area contributed by atoms with Gasteiger partial charge in [-0.2, -0.15) is 0 Å². The molecule has 2 aliphatic heterocycles. The summed E-state index contributed by atoms with van der Waals surface area (Å²) < 4.78 is 24.8. The van der Waals surface area contributed by atoms with Crippen LogP contribution in [0.2, 0.25) is 0 Å². The number of methoxy groups -OCH3 is 2. The van der Waals surface area contributed by atoms with E-state index in [2.05, 4.69) is 16.0 Å². The maximum absolute atomic E-state index is 12.0. The van der Waals surface area contributed by atoms with Crippen LogP contribution in [0.25, 0.3) is 0 Å². The Morgan fingerprint density at radius 2 is 1.43 bits per heavy atom. The average molecular weight is 533 g/mol. The molecule has 2 saturated heterocycles. The van der Waals surface area contributed by atoms with Gasteiger partial charge in [-0.3, -0.25) is 0 Å². The third kappa shape index (κ3) is 16.9. The molecule has 12 nitrogen and oxygen atoms in total. The highest BCUT2D eigenvalue weighted by atomic mass is 16.6. The minimum absolute atomic E-state index is 0.219. The lowest BCUT2D eigenvalue weighted by molar-refractivity contribution is 0.0166. The summed E-state index contributed by atoms with van der Waals surface area (Å²) in [5.41, 5.74) is -0.493. The molecule has 0 spiro atoms. The van der Waals surface area contributed by atoms with Crippen LogP contribution in [0.5, 0.6) is 0 Å². The van der Waals surface area contributed by atoms with Crippen molar-refractivity contribution in [2.24, 2.45) is 11.8 Å². The number of alkyl carbamates (subject to hydrolysis) is 2. The molecule has 0 aromatic heterocycles. The van der Waals surface area contributed by atoms with E-state index in [9.17, 15) is 14.4 Å². The maximum atomic E-state index is 12.0. The van der Waals surface area contributed by atoms with Crippen LogP contribution in [-0.2, 0) is 23.7 Å². The van der Waals surface area contributed by atoms with Crippen LogP contribution in [0.4, 0.5) is 14.4 Å². The first-order chi connectivity index (χ1) is 17.6. The van der Waals surface area contributed by atoms with Crippen molar-refractivity contribution in [3.8, 4) is 0 Å². The number of amides is 3. The fourth-order valence-corrected chi connectivity index (χ4v) is 3.82. The molecule has 2 aliphatic rings. The number of nitrogens with zero attached hydrogens (tertiary/aromatic N) is 1. The van der Waals surface area contributed by atoms with Gasteiger partial charge in [0.1, 0.15) is 18.8 Å². The van der Waals surface area contributed by atoms with Crippen molar-refractivity contribution < 1.29 is 38.1 Å². The SMILES string of the molecule is COCCOC(=O)NC[C@@H]1CCCN(C(=O)OC(C)(C)C)C1.COCCOC(=O)NC[C@@H]1CCCNC1. The van der Waals surface area contributed by atoms with Gasteiger partial charge in [-0.1, -0.05) is 0 Å². The second-order valence-corrected chi connectivity index (χ2v) is 10.2. The van der Waals surface area contributed by atoms with E-state index in [0.717, 1.165) is 25.9 Å². The van der Waals surface area contributed by atoms with E-state index in [1.807, 2.05) is 20.8 Å². The number of ether oxygens (including phenoxy) is 5. The van der Waals surface area contributed by atoms with Crippen molar-refractivity contribution in [2.45, 2.75) is 52.1 Å². The zero-order valence-electron chi connectivity index (χ0n) is 23.3. The van der Waals surface area contributed by atoms with Crippen molar-refractivity contribution in [1.29, 1.82) is 0 Å². The minimum atomic E-state index is -0.493. The molecule has 216 valence electrons. The van der Waals surface area contributed by atoms with Gasteiger partial charge in [0.05, 0.1) is 13.2 Å². The molecule has 0 aliphatic carbocycles. The topological polar surface area (TPSA) is 137 Å². The number of carbonyl (C=O) groups excluding carboxylic acids is 3. The molecule has 2 heterocycles. The van der Waals surface area contributed by atoms with Crippen LogP contribution < -0.4 is 16.0 Å². The summed E-state index contributed by atoms with van der Waals surface area (Å²) in [5.74, 6) is 0.755. The van der Waals surface area contributed by atoms with Gasteiger partial charge < -0.3 is 44.5 Å². The Kier molecular flexibility index (Phi) is 16.7. The number of piperidine rings is 2. The number of hydrogen-bond donors (Lipinski definition) is 3. The molecule has 0 bridgehead atoms. The van der Waals surface area contributed by atoms with Gasteiger partial charge in [-0.05, 0) is 71.4 Å². The van der Waals surface area contributed by atoms with E-state index in [4.69, 9.17) is 23.7 Å². The predicted molar refractivity (Wildman–Crippen MR) is 139 cm³/mol. The van der Waals surface area contributed by atoms with Crippen LogP contribution in [0.15, 0.2) is 0 Å². The Morgan fingerprint density at radius 1 is 0.865 bits per heavy atom. The lowest BCUT2D eigenvalue weighted by Gasteiger charge is -2.34. The van der Waals surface area contributed by atoms with Gasteiger partial charge in [0.25, 0.3) is 0 Å². The molecule has 0 unspecified atom stereocenters. The van der Waals surface area contributed by atoms with E-state index >= 15 is 0 Å². The summed E-state index contributed by atoms with van der Waals surface area (Å²) in [7, 11) is 3.13. The molecule has 2 rings (SSSR count). The van der Waals surface area contributed by atoms with Crippen LogP contribution in [0, 0.1) is 11.8 Å². The number of nitrogens with one attached hydrogen (secondary N) is 3. The van der Waals surface area contributed by atoms with Crippen LogP contribution in [0.1, 0.15) is 46.5 Å². The smallest absolute Gasteiger partial charge is 0.410 e. The third-order valence-electron chi connectivity index (χ3n) is 5.68. The first kappa shape index (κ1) is 32.7. The Morgan fingerprint density at radius 3 is 1.95 bits per heavy atom. The monoisotopic (exact) mass is 532 g/mol.